The minimum Gasteiger partial charge on any atom is -0.478 e. The molecule has 1 atom stereocenters. The molecular formula is C29H23ClN2O6S. The highest BCUT2D eigenvalue weighted by molar-refractivity contribution is 7.07. The van der Waals surface area contributed by atoms with E-state index in [0.717, 1.165) is 11.1 Å². The third-order valence-electron chi connectivity index (χ3n) is 6.36. The van der Waals surface area contributed by atoms with Crippen molar-refractivity contribution in [1.82, 2.24) is 4.57 Å². The Morgan fingerprint density at radius 1 is 1.18 bits per heavy atom. The zero-order valence-electron chi connectivity index (χ0n) is 21.2. The summed E-state index contributed by atoms with van der Waals surface area (Å²) in [5, 5.41) is 9.64. The molecule has 0 bridgehead atoms. The highest BCUT2D eigenvalue weighted by atomic mass is 35.5. The normalized spacial score (nSPS) is 15.2. The largest absolute Gasteiger partial charge is 0.478 e. The molecule has 39 heavy (non-hydrogen) atoms. The van der Waals surface area contributed by atoms with Gasteiger partial charge in [0.15, 0.2) is 4.80 Å². The summed E-state index contributed by atoms with van der Waals surface area (Å²) in [6, 6.07) is 14.5. The Labute approximate surface area is 231 Å². The molecule has 0 spiro atoms. The number of benzene rings is 2. The maximum Gasteiger partial charge on any atom is 0.338 e. The number of carbonyl (C=O) groups is 2. The molecule has 0 radical (unpaired) electrons. The number of halogens is 1. The van der Waals surface area contributed by atoms with Crippen LogP contribution in [0.5, 0.6) is 0 Å². The van der Waals surface area contributed by atoms with E-state index in [1.165, 1.54) is 22.0 Å². The molecule has 0 saturated carbocycles. The van der Waals surface area contributed by atoms with Crippen LogP contribution in [-0.4, -0.2) is 28.2 Å². The third kappa shape index (κ3) is 4.86. The van der Waals surface area contributed by atoms with Crippen LogP contribution in [0, 0.1) is 6.92 Å². The average molecular weight is 563 g/mol. The van der Waals surface area contributed by atoms with Crippen molar-refractivity contribution in [2.75, 3.05) is 6.61 Å². The van der Waals surface area contributed by atoms with Crippen molar-refractivity contribution in [1.29, 1.82) is 0 Å². The zero-order chi connectivity index (χ0) is 27.8. The highest BCUT2D eigenvalue weighted by Gasteiger charge is 2.34. The number of carboxylic acid groups (broad SMARTS) is 1. The van der Waals surface area contributed by atoms with Gasteiger partial charge in [0.1, 0.15) is 17.6 Å². The second-order valence-corrected chi connectivity index (χ2v) is 10.3. The standard InChI is InChI=1S/C29H23ClN2O6S/c1-4-37-28(36)24-16(3)31-29-32(25(24)20-7-5-6-8-21(20)30)26(33)23(39-29)14-18-10-12-22(38-18)19-11-9-17(27(34)35)13-15(19)2/h5-14,25H,4H2,1-3H3,(H,34,35)/b23-14+/t25-/m1/s1. The monoisotopic (exact) mass is 562 g/mol. The van der Waals surface area contributed by atoms with E-state index < -0.39 is 18.0 Å². The second kappa shape index (κ2) is 10.5. The first kappa shape index (κ1) is 26.4. The fourth-order valence-electron chi connectivity index (χ4n) is 4.56. The molecule has 4 aromatic rings. The predicted molar refractivity (Wildman–Crippen MR) is 148 cm³/mol. The molecule has 3 heterocycles. The number of ether oxygens (including phenoxy) is 1. The molecule has 198 valence electrons. The van der Waals surface area contributed by atoms with E-state index in [1.54, 1.807) is 75.4 Å². The molecular weight excluding hydrogens is 540 g/mol. The Bertz CT molecular complexity index is 1850. The first-order chi connectivity index (χ1) is 18.7. The summed E-state index contributed by atoms with van der Waals surface area (Å²) >= 11 is 7.71. The Balaban J connectivity index is 1.62. The number of thiazole rings is 1. The van der Waals surface area contributed by atoms with Gasteiger partial charge in [-0.3, -0.25) is 9.36 Å². The van der Waals surface area contributed by atoms with Gasteiger partial charge in [-0.05, 0) is 62.2 Å². The number of aryl methyl sites for hydroxylation is 1. The minimum absolute atomic E-state index is 0.175. The summed E-state index contributed by atoms with van der Waals surface area (Å²) < 4.78 is 13.1. The molecule has 2 aromatic carbocycles. The van der Waals surface area contributed by atoms with Crippen LogP contribution in [0.4, 0.5) is 0 Å². The van der Waals surface area contributed by atoms with Gasteiger partial charge in [0, 0.05) is 16.7 Å². The fraction of sp³-hybridized carbons (Fsp3) is 0.172. The van der Waals surface area contributed by atoms with Crippen molar-refractivity contribution in [3.63, 3.8) is 0 Å². The summed E-state index contributed by atoms with van der Waals surface area (Å²) in [4.78, 5) is 43.0. The number of hydrogen-bond acceptors (Lipinski definition) is 7. The van der Waals surface area contributed by atoms with Crippen molar-refractivity contribution in [3.8, 4) is 11.3 Å². The maximum atomic E-state index is 13.7. The Morgan fingerprint density at radius 3 is 2.64 bits per heavy atom. The van der Waals surface area contributed by atoms with Gasteiger partial charge in [0.25, 0.3) is 5.56 Å². The molecule has 1 aliphatic heterocycles. The van der Waals surface area contributed by atoms with Crippen LogP contribution in [0.2, 0.25) is 5.02 Å². The van der Waals surface area contributed by atoms with Crippen molar-refractivity contribution >= 4 is 41.0 Å². The van der Waals surface area contributed by atoms with Gasteiger partial charge in [-0.15, -0.1) is 0 Å². The average Bonchev–Trinajstić information content (AvgIpc) is 3.48. The molecule has 1 N–H and O–H groups in total. The first-order valence-electron chi connectivity index (χ1n) is 12.1. The summed E-state index contributed by atoms with van der Waals surface area (Å²) in [5.41, 5.74) is 2.62. The number of hydrogen-bond donors (Lipinski definition) is 1. The van der Waals surface area contributed by atoms with Gasteiger partial charge in [-0.25, -0.2) is 14.6 Å². The van der Waals surface area contributed by atoms with Crippen molar-refractivity contribution in [3.05, 3.63) is 113 Å². The Hall–Kier alpha value is -4.21. The quantitative estimate of drug-likeness (QED) is 0.340. The summed E-state index contributed by atoms with van der Waals surface area (Å²) in [5.74, 6) is -0.583. The first-order valence-corrected chi connectivity index (χ1v) is 13.3. The van der Waals surface area contributed by atoms with Gasteiger partial charge < -0.3 is 14.3 Å². The Morgan fingerprint density at radius 2 is 1.95 bits per heavy atom. The number of rotatable bonds is 6. The van der Waals surface area contributed by atoms with Crippen LogP contribution >= 0.6 is 22.9 Å². The lowest BCUT2D eigenvalue weighted by molar-refractivity contribution is -0.139. The van der Waals surface area contributed by atoms with Crippen LogP contribution in [0.15, 0.2) is 80.1 Å². The molecule has 10 heteroatoms. The van der Waals surface area contributed by atoms with Gasteiger partial charge in [-0.2, -0.15) is 0 Å². The minimum atomic E-state index is -1.00. The number of carbonyl (C=O) groups excluding carboxylic acids is 1. The lowest BCUT2D eigenvalue weighted by Gasteiger charge is -2.25. The number of aromatic carboxylic acids is 1. The van der Waals surface area contributed by atoms with Crippen LogP contribution in [0.3, 0.4) is 0 Å². The van der Waals surface area contributed by atoms with Gasteiger partial charge in [0.2, 0.25) is 0 Å². The maximum absolute atomic E-state index is 13.7. The van der Waals surface area contributed by atoms with E-state index in [9.17, 15) is 19.5 Å². The van der Waals surface area contributed by atoms with E-state index in [0.29, 0.717) is 37.1 Å². The summed E-state index contributed by atoms with van der Waals surface area (Å²) in [7, 11) is 0. The molecule has 8 nitrogen and oxygen atoms in total. The van der Waals surface area contributed by atoms with Crippen LogP contribution < -0.4 is 14.9 Å². The molecule has 2 aromatic heterocycles. The van der Waals surface area contributed by atoms with E-state index in [-0.39, 0.29) is 23.3 Å². The lowest BCUT2D eigenvalue weighted by atomic mass is 9.96. The summed E-state index contributed by atoms with van der Waals surface area (Å²) in [6.07, 6.45) is 1.63. The highest BCUT2D eigenvalue weighted by Crippen LogP contribution is 2.34. The van der Waals surface area contributed by atoms with E-state index in [4.69, 9.17) is 20.8 Å². The van der Waals surface area contributed by atoms with Crippen molar-refractivity contribution < 1.29 is 23.8 Å². The van der Waals surface area contributed by atoms with Crippen LogP contribution in [0.1, 0.15) is 47.1 Å². The van der Waals surface area contributed by atoms with Gasteiger partial charge in [0.05, 0.1) is 28.0 Å². The molecule has 0 saturated heterocycles. The molecule has 0 unspecified atom stereocenters. The van der Waals surface area contributed by atoms with Gasteiger partial charge in [-0.1, -0.05) is 47.2 Å². The predicted octanol–water partition coefficient (Wildman–Crippen LogP) is 4.72. The number of fused-ring (bicyclic) bond motifs is 1. The molecule has 5 rings (SSSR count). The van der Waals surface area contributed by atoms with Crippen molar-refractivity contribution in [2.24, 2.45) is 4.99 Å². The third-order valence-corrected chi connectivity index (χ3v) is 7.68. The molecule has 1 aliphatic rings. The number of furan rings is 1. The molecule has 0 aliphatic carbocycles. The van der Waals surface area contributed by atoms with E-state index in [2.05, 4.69) is 4.99 Å². The number of aromatic nitrogens is 1. The zero-order valence-corrected chi connectivity index (χ0v) is 22.8. The van der Waals surface area contributed by atoms with Crippen LogP contribution in [-0.2, 0) is 9.53 Å². The second-order valence-electron chi connectivity index (χ2n) is 8.86. The molecule has 0 fully saturated rings. The van der Waals surface area contributed by atoms with E-state index in [1.807, 2.05) is 0 Å². The molecule has 0 amide bonds. The number of allylic oxidation sites excluding steroid dienone is 1. The SMILES string of the molecule is CCOC(=O)C1=C(C)N=c2s/c(=C/c3ccc(-c4ccc(C(=O)O)cc4C)o3)c(=O)n2[C@@H]1c1ccccc1Cl. The topological polar surface area (TPSA) is 111 Å². The van der Waals surface area contributed by atoms with Crippen LogP contribution in [0.25, 0.3) is 17.4 Å². The smallest absolute Gasteiger partial charge is 0.338 e. The number of nitrogens with zero attached hydrogens (tertiary/aromatic N) is 2. The number of carboxylic acids is 1. The summed E-state index contributed by atoms with van der Waals surface area (Å²) in [6.45, 7) is 5.41. The van der Waals surface area contributed by atoms with Gasteiger partial charge >= 0.3 is 11.9 Å². The van der Waals surface area contributed by atoms with E-state index >= 15 is 0 Å². The number of esters is 1. The fourth-order valence-corrected chi connectivity index (χ4v) is 5.83. The Kier molecular flexibility index (Phi) is 7.12. The lowest BCUT2D eigenvalue weighted by Crippen LogP contribution is -2.40. The van der Waals surface area contributed by atoms with Crippen molar-refractivity contribution in [2.45, 2.75) is 26.8 Å².